The Kier molecular flexibility index (Phi) is 4.76. The second kappa shape index (κ2) is 6.81. The van der Waals surface area contributed by atoms with E-state index in [0.29, 0.717) is 21.4 Å². The second-order valence-electron chi connectivity index (χ2n) is 4.96. The fourth-order valence-electron chi connectivity index (χ4n) is 2.07. The smallest absolute Gasteiger partial charge is 0.278 e. The van der Waals surface area contributed by atoms with Crippen molar-refractivity contribution in [2.45, 2.75) is 6.92 Å². The van der Waals surface area contributed by atoms with E-state index in [1.165, 1.54) is 16.9 Å². The molecule has 0 unspecified atom stereocenters. The number of para-hydroxylation sites is 1. The van der Waals surface area contributed by atoms with Crippen molar-refractivity contribution >= 4 is 46.4 Å². The highest BCUT2D eigenvalue weighted by atomic mass is 35.5. The topological polar surface area (TPSA) is 59.8 Å². The van der Waals surface area contributed by atoms with Gasteiger partial charge in [0.15, 0.2) is 5.69 Å². The van der Waals surface area contributed by atoms with Gasteiger partial charge in [0.25, 0.3) is 5.91 Å². The number of halogens is 3. The molecule has 24 heavy (non-hydrogen) atoms. The number of amides is 1. The molecule has 1 amide bonds. The minimum Gasteiger partial charge on any atom is -0.319 e. The lowest BCUT2D eigenvalue weighted by molar-refractivity contribution is 0.102. The third-order valence-corrected chi connectivity index (χ3v) is 4.28. The molecule has 1 heterocycles. The largest absolute Gasteiger partial charge is 0.319 e. The van der Waals surface area contributed by atoms with Gasteiger partial charge in [-0.3, -0.25) is 4.79 Å². The van der Waals surface area contributed by atoms with Gasteiger partial charge in [0, 0.05) is 0 Å². The van der Waals surface area contributed by atoms with Crippen LogP contribution < -0.4 is 5.32 Å². The Morgan fingerprint density at radius 2 is 1.67 bits per heavy atom. The Morgan fingerprint density at radius 3 is 2.38 bits per heavy atom. The Morgan fingerprint density at radius 1 is 1.00 bits per heavy atom. The number of nitrogens with one attached hydrogen (secondary N) is 1. The fourth-order valence-corrected chi connectivity index (χ4v) is 2.66. The molecular formula is C16H11Cl3N4O. The van der Waals surface area contributed by atoms with E-state index in [2.05, 4.69) is 15.5 Å². The molecule has 0 bridgehead atoms. The Hall–Kier alpha value is -2.08. The van der Waals surface area contributed by atoms with E-state index in [9.17, 15) is 4.79 Å². The van der Waals surface area contributed by atoms with E-state index in [-0.39, 0.29) is 10.7 Å². The molecule has 0 aliphatic heterocycles. The second-order valence-corrected chi connectivity index (χ2v) is 6.18. The van der Waals surface area contributed by atoms with Gasteiger partial charge >= 0.3 is 0 Å². The van der Waals surface area contributed by atoms with Gasteiger partial charge in [0.1, 0.15) is 0 Å². The minimum atomic E-state index is -0.435. The van der Waals surface area contributed by atoms with Crippen molar-refractivity contribution in [3.8, 4) is 5.69 Å². The molecule has 0 aliphatic carbocycles. The number of carbonyl (C=O) groups excluding carboxylic acids is 1. The summed E-state index contributed by atoms with van der Waals surface area (Å²) in [4.78, 5) is 13.9. The molecule has 0 spiro atoms. The molecule has 0 radical (unpaired) electrons. The summed E-state index contributed by atoms with van der Waals surface area (Å²) >= 11 is 17.9. The summed E-state index contributed by atoms with van der Waals surface area (Å²) in [6.45, 7) is 1.71. The van der Waals surface area contributed by atoms with Crippen LogP contribution >= 0.6 is 34.8 Å². The molecule has 122 valence electrons. The third kappa shape index (κ3) is 3.38. The van der Waals surface area contributed by atoms with Crippen LogP contribution in [0.2, 0.25) is 15.1 Å². The SMILES string of the molecule is Cc1nn(-c2ccccc2)nc1C(=O)Nc1cc(Cl)c(Cl)cc1Cl. The molecule has 0 atom stereocenters. The van der Waals surface area contributed by atoms with Crippen LogP contribution in [0.25, 0.3) is 5.69 Å². The third-order valence-electron chi connectivity index (χ3n) is 3.24. The maximum atomic E-state index is 12.5. The summed E-state index contributed by atoms with van der Waals surface area (Å²) in [6, 6.07) is 12.3. The number of rotatable bonds is 3. The first-order valence-corrected chi connectivity index (χ1v) is 8.04. The summed E-state index contributed by atoms with van der Waals surface area (Å²) < 4.78 is 0. The number of hydrogen-bond donors (Lipinski definition) is 1. The Bertz CT molecular complexity index is 909. The molecule has 8 heteroatoms. The lowest BCUT2D eigenvalue weighted by Crippen LogP contribution is -2.14. The van der Waals surface area contributed by atoms with Crippen molar-refractivity contribution in [2.24, 2.45) is 0 Å². The number of benzene rings is 2. The number of anilines is 1. The highest BCUT2D eigenvalue weighted by Gasteiger charge is 2.18. The normalized spacial score (nSPS) is 10.7. The molecule has 0 saturated carbocycles. The van der Waals surface area contributed by atoms with Gasteiger partial charge in [-0.25, -0.2) is 0 Å². The van der Waals surface area contributed by atoms with E-state index >= 15 is 0 Å². The van der Waals surface area contributed by atoms with Crippen molar-refractivity contribution in [3.05, 3.63) is 68.9 Å². The lowest BCUT2D eigenvalue weighted by atomic mass is 10.3. The molecule has 3 rings (SSSR count). The quantitative estimate of drug-likeness (QED) is 0.664. The summed E-state index contributed by atoms with van der Waals surface area (Å²) in [5.41, 5.74) is 1.80. The maximum absolute atomic E-state index is 12.5. The van der Waals surface area contributed by atoms with E-state index in [1.54, 1.807) is 6.92 Å². The summed E-state index contributed by atoms with van der Waals surface area (Å²) in [5.74, 6) is -0.435. The molecule has 1 aromatic heterocycles. The molecule has 0 saturated heterocycles. The lowest BCUT2D eigenvalue weighted by Gasteiger charge is -2.07. The summed E-state index contributed by atoms with van der Waals surface area (Å²) in [6.07, 6.45) is 0. The summed E-state index contributed by atoms with van der Waals surface area (Å²) in [5, 5.41) is 12.1. The van der Waals surface area contributed by atoms with Gasteiger partial charge in [-0.05, 0) is 31.2 Å². The van der Waals surface area contributed by atoms with Gasteiger partial charge in [0.05, 0.1) is 32.1 Å². The number of aromatic nitrogens is 3. The van der Waals surface area contributed by atoms with Crippen LogP contribution in [0.15, 0.2) is 42.5 Å². The molecule has 0 aliphatic rings. The first-order valence-electron chi connectivity index (χ1n) is 6.91. The molecule has 0 fully saturated rings. The first-order chi connectivity index (χ1) is 11.5. The highest BCUT2D eigenvalue weighted by molar-refractivity contribution is 6.44. The van der Waals surface area contributed by atoms with E-state index in [1.807, 2.05) is 30.3 Å². The van der Waals surface area contributed by atoms with Crippen molar-refractivity contribution in [3.63, 3.8) is 0 Å². The van der Waals surface area contributed by atoms with Crippen LogP contribution in [-0.2, 0) is 0 Å². The predicted molar refractivity (Wildman–Crippen MR) is 95.5 cm³/mol. The van der Waals surface area contributed by atoms with Crippen LogP contribution in [0.3, 0.4) is 0 Å². The first kappa shape index (κ1) is 16.8. The van der Waals surface area contributed by atoms with E-state index in [0.717, 1.165) is 5.69 Å². The number of carbonyl (C=O) groups is 1. The molecule has 5 nitrogen and oxygen atoms in total. The predicted octanol–water partition coefficient (Wildman–Crippen LogP) is 4.79. The monoisotopic (exact) mass is 380 g/mol. The standard InChI is InChI=1S/C16H11Cl3N4O/c1-9-15(22-23(21-9)10-5-3-2-4-6-10)16(24)20-14-8-12(18)11(17)7-13(14)19/h2-8H,1H3,(H,20,24). The van der Waals surface area contributed by atoms with E-state index < -0.39 is 5.91 Å². The Labute approximate surface area is 153 Å². The number of hydrogen-bond acceptors (Lipinski definition) is 3. The minimum absolute atomic E-state index is 0.195. The number of nitrogens with zero attached hydrogens (tertiary/aromatic N) is 3. The fraction of sp³-hybridized carbons (Fsp3) is 0.0625. The molecular weight excluding hydrogens is 371 g/mol. The van der Waals surface area contributed by atoms with Gasteiger partial charge in [-0.1, -0.05) is 53.0 Å². The van der Waals surface area contributed by atoms with Gasteiger partial charge < -0.3 is 5.32 Å². The van der Waals surface area contributed by atoms with E-state index in [4.69, 9.17) is 34.8 Å². The van der Waals surface area contributed by atoms with Crippen molar-refractivity contribution in [2.75, 3.05) is 5.32 Å². The van der Waals surface area contributed by atoms with Gasteiger partial charge in [-0.2, -0.15) is 9.90 Å². The zero-order valence-corrected chi connectivity index (χ0v) is 14.7. The van der Waals surface area contributed by atoms with Gasteiger partial charge in [-0.15, -0.1) is 5.10 Å². The van der Waals surface area contributed by atoms with Crippen molar-refractivity contribution in [1.82, 2.24) is 15.0 Å². The maximum Gasteiger partial charge on any atom is 0.278 e. The Balaban J connectivity index is 1.89. The van der Waals surface area contributed by atoms with Crippen LogP contribution in [-0.4, -0.2) is 20.9 Å². The van der Waals surface area contributed by atoms with Crippen LogP contribution in [0.5, 0.6) is 0 Å². The summed E-state index contributed by atoms with van der Waals surface area (Å²) in [7, 11) is 0. The molecule has 2 aromatic carbocycles. The van der Waals surface area contributed by atoms with Crippen LogP contribution in [0, 0.1) is 6.92 Å². The van der Waals surface area contributed by atoms with Crippen molar-refractivity contribution < 1.29 is 4.79 Å². The number of aryl methyl sites for hydroxylation is 1. The van der Waals surface area contributed by atoms with Crippen LogP contribution in [0.1, 0.15) is 16.2 Å². The van der Waals surface area contributed by atoms with Crippen molar-refractivity contribution in [1.29, 1.82) is 0 Å². The van der Waals surface area contributed by atoms with Crippen LogP contribution in [0.4, 0.5) is 5.69 Å². The average molecular weight is 382 g/mol. The zero-order chi connectivity index (χ0) is 17.3. The zero-order valence-electron chi connectivity index (χ0n) is 12.4. The molecule has 3 aromatic rings. The molecule has 1 N–H and O–H groups in total. The van der Waals surface area contributed by atoms with Gasteiger partial charge in [0.2, 0.25) is 0 Å². The average Bonchev–Trinajstić information content (AvgIpc) is 2.95. The highest BCUT2D eigenvalue weighted by Crippen LogP contribution is 2.32.